The van der Waals surface area contributed by atoms with Crippen LogP contribution in [0.15, 0.2) is 18.2 Å². The van der Waals surface area contributed by atoms with Crippen LogP contribution in [0.4, 0.5) is 5.69 Å². The molecule has 0 heterocycles. The van der Waals surface area contributed by atoms with Crippen LogP contribution in [-0.2, 0) is 4.79 Å². The normalized spacial score (nSPS) is 27.2. The maximum absolute atomic E-state index is 12.3. The minimum absolute atomic E-state index is 0.103. The quantitative estimate of drug-likeness (QED) is 0.702. The predicted octanol–water partition coefficient (Wildman–Crippen LogP) is 2.16. The summed E-state index contributed by atoms with van der Waals surface area (Å²) in [6.45, 7) is 3.70. The number of carbonyl (C=O) groups is 1. The van der Waals surface area contributed by atoms with Crippen molar-refractivity contribution in [2.24, 2.45) is 11.1 Å². The van der Waals surface area contributed by atoms with Gasteiger partial charge in [-0.2, -0.15) is 0 Å². The summed E-state index contributed by atoms with van der Waals surface area (Å²) >= 11 is 0. The summed E-state index contributed by atoms with van der Waals surface area (Å²) in [5.41, 5.74) is 6.68. The number of hydrogen-bond acceptors (Lipinski definition) is 3. The topological polar surface area (TPSA) is 75.4 Å². The Balaban J connectivity index is 2.19. The lowest BCUT2D eigenvalue weighted by molar-refractivity contribution is -0.125. The first-order chi connectivity index (χ1) is 8.45. The van der Waals surface area contributed by atoms with Gasteiger partial charge in [0.2, 0.25) is 5.91 Å². The predicted molar refractivity (Wildman–Crippen MR) is 71.4 cm³/mol. The highest BCUT2D eigenvalue weighted by atomic mass is 16.3. The molecule has 1 saturated carbocycles. The summed E-state index contributed by atoms with van der Waals surface area (Å²) in [6, 6.07) is 5.20. The monoisotopic (exact) mass is 248 g/mol. The summed E-state index contributed by atoms with van der Waals surface area (Å²) in [5.74, 6) is 0.0226. The summed E-state index contributed by atoms with van der Waals surface area (Å²) in [6.07, 6.45) is 2.65. The van der Waals surface area contributed by atoms with Crippen LogP contribution in [0.5, 0.6) is 5.75 Å². The first kappa shape index (κ1) is 12.9. The zero-order chi connectivity index (χ0) is 13.3. The molecule has 1 aromatic carbocycles. The molecule has 0 aromatic heterocycles. The van der Waals surface area contributed by atoms with Crippen molar-refractivity contribution in [3.05, 3.63) is 23.8 Å². The minimum Gasteiger partial charge on any atom is -0.505 e. The third kappa shape index (κ3) is 2.08. The third-order valence-electron chi connectivity index (χ3n) is 4.03. The molecule has 18 heavy (non-hydrogen) atoms. The molecule has 0 aliphatic heterocycles. The molecule has 1 amide bonds. The fourth-order valence-electron chi connectivity index (χ4n) is 2.50. The van der Waals surface area contributed by atoms with Crippen molar-refractivity contribution in [2.75, 3.05) is 5.32 Å². The summed E-state index contributed by atoms with van der Waals surface area (Å²) in [5, 5.41) is 12.7. The lowest BCUT2D eigenvalue weighted by atomic mass is 9.84. The molecule has 1 aliphatic carbocycles. The molecule has 98 valence electrons. The highest BCUT2D eigenvalue weighted by Gasteiger charge is 2.43. The van der Waals surface area contributed by atoms with Crippen LogP contribution in [0.25, 0.3) is 0 Å². The van der Waals surface area contributed by atoms with Crippen LogP contribution in [0.2, 0.25) is 0 Å². The van der Waals surface area contributed by atoms with Gasteiger partial charge in [0.15, 0.2) is 0 Å². The van der Waals surface area contributed by atoms with Gasteiger partial charge in [0.25, 0.3) is 0 Å². The van der Waals surface area contributed by atoms with Gasteiger partial charge in [-0.25, -0.2) is 0 Å². The van der Waals surface area contributed by atoms with E-state index >= 15 is 0 Å². The number of carbonyl (C=O) groups excluding carboxylic acids is 1. The van der Waals surface area contributed by atoms with Crippen LogP contribution < -0.4 is 11.1 Å². The average molecular weight is 248 g/mol. The Bertz CT molecular complexity index is 473. The largest absolute Gasteiger partial charge is 0.505 e. The summed E-state index contributed by atoms with van der Waals surface area (Å²) < 4.78 is 0. The van der Waals surface area contributed by atoms with Gasteiger partial charge in [0.1, 0.15) is 5.75 Å². The van der Waals surface area contributed by atoms with Gasteiger partial charge >= 0.3 is 0 Å². The van der Waals surface area contributed by atoms with Gasteiger partial charge in [-0.05, 0) is 38.3 Å². The Kier molecular flexibility index (Phi) is 3.30. The molecule has 4 N–H and O–H groups in total. The fraction of sp³-hybridized carbons (Fsp3) is 0.500. The lowest BCUT2D eigenvalue weighted by Crippen LogP contribution is -2.44. The van der Waals surface area contributed by atoms with Crippen LogP contribution in [0.3, 0.4) is 0 Å². The first-order valence-corrected chi connectivity index (χ1v) is 6.31. The van der Waals surface area contributed by atoms with E-state index in [2.05, 4.69) is 5.32 Å². The molecule has 2 rings (SSSR count). The molecular formula is C14H20N2O2. The van der Waals surface area contributed by atoms with E-state index in [9.17, 15) is 9.90 Å². The number of rotatable bonds is 2. The van der Waals surface area contributed by atoms with Gasteiger partial charge in [-0.3, -0.25) is 4.79 Å². The van der Waals surface area contributed by atoms with E-state index in [1.54, 1.807) is 19.1 Å². The average Bonchev–Trinajstić information content (AvgIpc) is 2.67. The number of aryl methyl sites for hydroxylation is 1. The SMILES string of the molecule is Cc1cccc(NC(=O)C2(C)CCCC2N)c1O. The maximum Gasteiger partial charge on any atom is 0.231 e. The van der Waals surface area contributed by atoms with Crippen molar-refractivity contribution < 1.29 is 9.90 Å². The van der Waals surface area contributed by atoms with Crippen LogP contribution >= 0.6 is 0 Å². The molecule has 0 saturated heterocycles. The molecule has 1 fully saturated rings. The Morgan fingerprint density at radius 3 is 2.89 bits per heavy atom. The number of anilines is 1. The molecule has 4 heteroatoms. The molecule has 0 radical (unpaired) electrons. The smallest absolute Gasteiger partial charge is 0.231 e. The number of hydrogen-bond donors (Lipinski definition) is 3. The molecule has 0 spiro atoms. The van der Waals surface area contributed by atoms with Crippen LogP contribution in [0.1, 0.15) is 31.7 Å². The molecule has 2 atom stereocenters. The number of amides is 1. The standard InChI is InChI=1S/C14H20N2O2/c1-9-5-3-6-10(12(9)17)16-13(18)14(2)8-4-7-11(14)15/h3,5-6,11,17H,4,7-8,15H2,1-2H3,(H,16,18). The fourth-order valence-corrected chi connectivity index (χ4v) is 2.50. The second kappa shape index (κ2) is 4.61. The Labute approximate surface area is 107 Å². The van der Waals surface area contributed by atoms with Crippen molar-refractivity contribution in [3.63, 3.8) is 0 Å². The molecule has 1 aromatic rings. The van der Waals surface area contributed by atoms with E-state index in [1.165, 1.54) is 0 Å². The van der Waals surface area contributed by atoms with Crippen LogP contribution in [0, 0.1) is 12.3 Å². The Morgan fingerprint density at radius 1 is 1.56 bits per heavy atom. The number of phenols is 1. The number of para-hydroxylation sites is 1. The number of phenolic OH excluding ortho intramolecular Hbond substituents is 1. The molecular weight excluding hydrogens is 228 g/mol. The van der Waals surface area contributed by atoms with Gasteiger partial charge in [-0.15, -0.1) is 0 Å². The molecule has 1 aliphatic rings. The van der Waals surface area contributed by atoms with E-state index in [1.807, 2.05) is 13.0 Å². The highest BCUT2D eigenvalue weighted by molar-refractivity contribution is 5.97. The second-order valence-electron chi connectivity index (χ2n) is 5.34. The zero-order valence-electron chi connectivity index (χ0n) is 10.9. The molecule has 2 unspecified atom stereocenters. The minimum atomic E-state index is -0.532. The van der Waals surface area contributed by atoms with E-state index in [-0.39, 0.29) is 17.7 Å². The number of nitrogens with two attached hydrogens (primary N) is 1. The number of aromatic hydroxyl groups is 1. The zero-order valence-corrected chi connectivity index (χ0v) is 10.9. The van der Waals surface area contributed by atoms with Crippen molar-refractivity contribution in [1.82, 2.24) is 0 Å². The molecule has 0 bridgehead atoms. The second-order valence-corrected chi connectivity index (χ2v) is 5.34. The maximum atomic E-state index is 12.3. The van der Waals surface area contributed by atoms with E-state index < -0.39 is 5.41 Å². The van der Waals surface area contributed by atoms with Gasteiger partial charge < -0.3 is 16.2 Å². The van der Waals surface area contributed by atoms with Crippen molar-refractivity contribution >= 4 is 11.6 Å². The van der Waals surface area contributed by atoms with Gasteiger partial charge in [-0.1, -0.05) is 18.6 Å². The van der Waals surface area contributed by atoms with Crippen molar-refractivity contribution in [3.8, 4) is 5.75 Å². The van der Waals surface area contributed by atoms with Crippen LogP contribution in [-0.4, -0.2) is 17.1 Å². The number of nitrogens with one attached hydrogen (secondary N) is 1. The van der Waals surface area contributed by atoms with Gasteiger partial charge in [0.05, 0.1) is 11.1 Å². The molecule has 4 nitrogen and oxygen atoms in total. The van der Waals surface area contributed by atoms with Crippen molar-refractivity contribution in [1.29, 1.82) is 0 Å². The van der Waals surface area contributed by atoms with Gasteiger partial charge in [0, 0.05) is 6.04 Å². The first-order valence-electron chi connectivity index (χ1n) is 6.31. The lowest BCUT2D eigenvalue weighted by Gasteiger charge is -2.27. The van der Waals surface area contributed by atoms with E-state index in [4.69, 9.17) is 5.73 Å². The Hall–Kier alpha value is -1.55. The number of benzene rings is 1. The third-order valence-corrected chi connectivity index (χ3v) is 4.03. The highest BCUT2D eigenvalue weighted by Crippen LogP contribution is 2.38. The summed E-state index contributed by atoms with van der Waals surface area (Å²) in [7, 11) is 0. The summed E-state index contributed by atoms with van der Waals surface area (Å²) in [4.78, 5) is 12.3. The van der Waals surface area contributed by atoms with Crippen molar-refractivity contribution in [2.45, 2.75) is 39.2 Å². The van der Waals surface area contributed by atoms with E-state index in [0.29, 0.717) is 5.69 Å². The van der Waals surface area contributed by atoms with E-state index in [0.717, 1.165) is 24.8 Å². The Morgan fingerprint density at radius 2 is 2.28 bits per heavy atom.